The van der Waals surface area contributed by atoms with Crippen LogP contribution >= 0.6 is 0 Å². The lowest BCUT2D eigenvalue weighted by molar-refractivity contribution is -0.123. The third-order valence-electron chi connectivity index (χ3n) is 4.04. The molecule has 0 fully saturated rings. The lowest BCUT2D eigenvalue weighted by Gasteiger charge is -2.11. The van der Waals surface area contributed by atoms with Gasteiger partial charge in [0.2, 0.25) is 0 Å². The van der Waals surface area contributed by atoms with Gasteiger partial charge < -0.3 is 14.8 Å². The van der Waals surface area contributed by atoms with Crippen LogP contribution in [0, 0.1) is 13.8 Å². The van der Waals surface area contributed by atoms with Crippen molar-refractivity contribution in [2.24, 2.45) is 0 Å². The first-order valence-electron chi connectivity index (χ1n) is 8.19. The van der Waals surface area contributed by atoms with Crippen LogP contribution in [0.15, 0.2) is 42.5 Å². The molecular formula is C20H25NO3. The van der Waals surface area contributed by atoms with E-state index in [1.165, 1.54) is 5.56 Å². The highest BCUT2D eigenvalue weighted by molar-refractivity contribution is 5.77. The molecule has 0 aromatic heterocycles. The summed E-state index contributed by atoms with van der Waals surface area (Å²) in [6, 6.07) is 13.8. The van der Waals surface area contributed by atoms with Crippen molar-refractivity contribution >= 4 is 5.91 Å². The lowest BCUT2D eigenvalue weighted by atomic mass is 10.1. The first-order chi connectivity index (χ1) is 11.6. The van der Waals surface area contributed by atoms with Crippen LogP contribution < -0.4 is 14.8 Å². The molecule has 0 aliphatic rings. The summed E-state index contributed by atoms with van der Waals surface area (Å²) < 4.78 is 10.7. The van der Waals surface area contributed by atoms with Gasteiger partial charge in [-0.05, 0) is 61.6 Å². The normalized spacial score (nSPS) is 10.3. The molecular weight excluding hydrogens is 302 g/mol. The van der Waals surface area contributed by atoms with Crippen molar-refractivity contribution in [3.63, 3.8) is 0 Å². The molecule has 0 saturated heterocycles. The Morgan fingerprint density at radius 3 is 2.54 bits per heavy atom. The predicted octanol–water partition coefficient (Wildman–Crippen LogP) is 3.44. The number of hydrogen-bond donors (Lipinski definition) is 1. The smallest absolute Gasteiger partial charge is 0.257 e. The zero-order valence-electron chi connectivity index (χ0n) is 14.6. The summed E-state index contributed by atoms with van der Waals surface area (Å²) in [5.74, 6) is 1.53. The second-order valence-electron chi connectivity index (χ2n) is 5.79. The van der Waals surface area contributed by atoms with Gasteiger partial charge in [0.25, 0.3) is 5.91 Å². The summed E-state index contributed by atoms with van der Waals surface area (Å²) >= 11 is 0. The van der Waals surface area contributed by atoms with Crippen LogP contribution in [0.3, 0.4) is 0 Å². The number of ether oxygens (including phenoxy) is 2. The molecule has 0 heterocycles. The highest BCUT2D eigenvalue weighted by Crippen LogP contribution is 2.20. The Labute approximate surface area is 143 Å². The third kappa shape index (κ3) is 5.30. The van der Waals surface area contributed by atoms with E-state index in [1.807, 2.05) is 56.3 Å². The number of carbonyl (C=O) groups excluding carboxylic acids is 1. The van der Waals surface area contributed by atoms with E-state index < -0.39 is 0 Å². The van der Waals surface area contributed by atoms with Crippen LogP contribution in [0.4, 0.5) is 0 Å². The van der Waals surface area contributed by atoms with E-state index in [4.69, 9.17) is 9.47 Å². The Bertz CT molecular complexity index is 665. The van der Waals surface area contributed by atoms with Crippen molar-refractivity contribution in [1.82, 2.24) is 5.32 Å². The summed E-state index contributed by atoms with van der Waals surface area (Å²) in [4.78, 5) is 11.9. The molecule has 24 heavy (non-hydrogen) atoms. The van der Waals surface area contributed by atoms with Crippen LogP contribution in [0.25, 0.3) is 0 Å². The molecule has 0 radical (unpaired) electrons. The van der Waals surface area contributed by atoms with Crippen molar-refractivity contribution in [3.8, 4) is 11.5 Å². The number of amides is 1. The van der Waals surface area contributed by atoms with Crippen molar-refractivity contribution in [2.75, 3.05) is 20.3 Å². The third-order valence-corrected chi connectivity index (χ3v) is 4.04. The molecule has 4 nitrogen and oxygen atoms in total. The molecule has 0 aliphatic heterocycles. The van der Waals surface area contributed by atoms with E-state index in [0.29, 0.717) is 6.54 Å². The van der Waals surface area contributed by atoms with Gasteiger partial charge >= 0.3 is 0 Å². The Morgan fingerprint density at radius 2 is 1.83 bits per heavy atom. The van der Waals surface area contributed by atoms with E-state index in [9.17, 15) is 4.79 Å². The fraction of sp³-hybridized carbons (Fsp3) is 0.350. The van der Waals surface area contributed by atoms with E-state index in [-0.39, 0.29) is 12.5 Å². The van der Waals surface area contributed by atoms with Gasteiger partial charge in [-0.2, -0.15) is 0 Å². The average molecular weight is 327 g/mol. The zero-order chi connectivity index (χ0) is 17.4. The topological polar surface area (TPSA) is 47.6 Å². The molecule has 0 saturated carbocycles. The van der Waals surface area contributed by atoms with Crippen LogP contribution in [0.1, 0.15) is 23.1 Å². The summed E-state index contributed by atoms with van der Waals surface area (Å²) in [6.45, 7) is 4.71. The molecule has 2 aromatic carbocycles. The van der Waals surface area contributed by atoms with Crippen LogP contribution in [0.2, 0.25) is 0 Å². The first-order valence-corrected chi connectivity index (χ1v) is 8.19. The number of nitrogens with one attached hydrogen (secondary N) is 1. The van der Waals surface area contributed by atoms with Gasteiger partial charge in [0.15, 0.2) is 6.61 Å². The summed E-state index contributed by atoms with van der Waals surface area (Å²) in [6.07, 6.45) is 1.81. The van der Waals surface area contributed by atoms with Crippen molar-refractivity contribution in [2.45, 2.75) is 26.7 Å². The first kappa shape index (κ1) is 17.9. The van der Waals surface area contributed by atoms with Gasteiger partial charge in [-0.15, -0.1) is 0 Å². The largest absolute Gasteiger partial charge is 0.497 e. The molecule has 1 amide bonds. The van der Waals surface area contributed by atoms with Crippen molar-refractivity contribution in [1.29, 1.82) is 0 Å². The molecule has 0 aliphatic carbocycles. The Morgan fingerprint density at radius 1 is 1.08 bits per heavy atom. The predicted molar refractivity (Wildman–Crippen MR) is 95.7 cm³/mol. The zero-order valence-corrected chi connectivity index (χ0v) is 14.6. The van der Waals surface area contributed by atoms with Gasteiger partial charge in [0.1, 0.15) is 11.5 Å². The van der Waals surface area contributed by atoms with Crippen molar-refractivity contribution < 1.29 is 14.3 Å². The average Bonchev–Trinajstić information content (AvgIpc) is 2.60. The van der Waals surface area contributed by atoms with Crippen molar-refractivity contribution in [3.05, 3.63) is 59.2 Å². The minimum atomic E-state index is -0.0920. The summed E-state index contributed by atoms with van der Waals surface area (Å²) in [7, 11) is 1.66. The number of aryl methyl sites for hydroxylation is 2. The Hall–Kier alpha value is -2.49. The maximum atomic E-state index is 11.9. The molecule has 2 aromatic rings. The quantitative estimate of drug-likeness (QED) is 0.756. The Balaban J connectivity index is 1.67. The van der Waals surface area contributed by atoms with E-state index in [2.05, 4.69) is 5.32 Å². The number of carbonyl (C=O) groups is 1. The molecule has 1 N–H and O–H groups in total. The maximum absolute atomic E-state index is 11.9. The molecule has 128 valence electrons. The van der Waals surface area contributed by atoms with Crippen LogP contribution in [-0.4, -0.2) is 26.2 Å². The van der Waals surface area contributed by atoms with E-state index in [0.717, 1.165) is 35.5 Å². The fourth-order valence-electron chi connectivity index (χ4n) is 2.39. The summed E-state index contributed by atoms with van der Waals surface area (Å²) in [5.41, 5.74) is 3.47. The van der Waals surface area contributed by atoms with Gasteiger partial charge in [-0.3, -0.25) is 4.79 Å². The molecule has 0 atom stereocenters. The maximum Gasteiger partial charge on any atom is 0.257 e. The van der Waals surface area contributed by atoms with Gasteiger partial charge in [-0.25, -0.2) is 0 Å². The Kier molecular flexibility index (Phi) is 6.67. The molecule has 0 spiro atoms. The lowest BCUT2D eigenvalue weighted by Crippen LogP contribution is -2.30. The molecule has 2 rings (SSSR count). The standard InChI is InChI=1S/C20H25NO3/c1-15-6-4-8-19(16(15)2)24-14-20(22)21-13-5-7-17-9-11-18(23-3)12-10-17/h4,6,8-12H,5,7,13-14H2,1-3H3,(H,21,22). The minimum Gasteiger partial charge on any atom is -0.497 e. The van der Waals surface area contributed by atoms with Gasteiger partial charge in [0, 0.05) is 6.54 Å². The minimum absolute atomic E-state index is 0.0484. The van der Waals surface area contributed by atoms with E-state index in [1.54, 1.807) is 7.11 Å². The molecule has 0 unspecified atom stereocenters. The van der Waals surface area contributed by atoms with Crippen LogP contribution in [-0.2, 0) is 11.2 Å². The SMILES string of the molecule is COc1ccc(CCCNC(=O)COc2cccc(C)c2C)cc1. The second-order valence-corrected chi connectivity index (χ2v) is 5.79. The molecule has 4 heteroatoms. The van der Waals surface area contributed by atoms with Gasteiger partial charge in [0.05, 0.1) is 7.11 Å². The van der Waals surface area contributed by atoms with Crippen LogP contribution in [0.5, 0.6) is 11.5 Å². The fourth-order valence-corrected chi connectivity index (χ4v) is 2.39. The summed E-state index contributed by atoms with van der Waals surface area (Å²) in [5, 5.41) is 2.89. The highest BCUT2D eigenvalue weighted by atomic mass is 16.5. The molecule has 0 bridgehead atoms. The number of hydrogen-bond acceptors (Lipinski definition) is 3. The second kappa shape index (κ2) is 8.96. The van der Waals surface area contributed by atoms with E-state index >= 15 is 0 Å². The highest BCUT2D eigenvalue weighted by Gasteiger charge is 2.05. The monoisotopic (exact) mass is 327 g/mol. The van der Waals surface area contributed by atoms with Gasteiger partial charge in [-0.1, -0.05) is 24.3 Å². The number of rotatable bonds is 8. The number of benzene rings is 2. The number of methoxy groups -OCH3 is 1.